The normalized spacial score (nSPS) is 12.1. The Bertz CT molecular complexity index is 1460. The van der Waals surface area contributed by atoms with Gasteiger partial charge in [0.05, 0.1) is 11.9 Å². The molecule has 1 atom stereocenters. The highest BCUT2D eigenvalue weighted by atomic mass is 32.2. The molecule has 8 nitrogen and oxygen atoms in total. The van der Waals surface area contributed by atoms with Crippen LogP contribution in [0, 0.1) is 0 Å². The van der Waals surface area contributed by atoms with E-state index >= 15 is 0 Å². The van der Waals surface area contributed by atoms with Crippen molar-refractivity contribution >= 4 is 35.0 Å². The summed E-state index contributed by atoms with van der Waals surface area (Å²) in [5.74, 6) is 1.15. The highest BCUT2D eigenvalue weighted by Gasteiger charge is 2.23. The standard InChI is InChI=1S/C31H35N5O3S/c1-7-39-27-18-16-26(17-19-27)36-28(22-8-10-23(11-9-22)31(4,5)6)34-35-30(36)40-20(2)29(38)33-25-14-12-24(13-15-25)32-21(3)37/h8-20H,7H2,1-6H3,(H,32,37)(H,33,38)/t20-/m0/s1. The van der Waals surface area contributed by atoms with E-state index in [1.54, 1.807) is 24.3 Å². The Hall–Kier alpha value is -4.11. The summed E-state index contributed by atoms with van der Waals surface area (Å²) in [6.07, 6.45) is 0. The molecule has 4 aromatic rings. The largest absolute Gasteiger partial charge is 0.494 e. The number of amides is 2. The second-order valence-corrected chi connectivity index (χ2v) is 11.7. The summed E-state index contributed by atoms with van der Waals surface area (Å²) < 4.78 is 7.60. The molecule has 0 aliphatic carbocycles. The Morgan fingerprint density at radius 2 is 1.50 bits per heavy atom. The van der Waals surface area contributed by atoms with Gasteiger partial charge in [-0.3, -0.25) is 14.2 Å². The van der Waals surface area contributed by atoms with Crippen molar-refractivity contribution in [3.8, 4) is 22.8 Å². The lowest BCUT2D eigenvalue weighted by Gasteiger charge is -2.19. The molecule has 208 valence electrons. The van der Waals surface area contributed by atoms with Crippen LogP contribution in [0.15, 0.2) is 78.0 Å². The van der Waals surface area contributed by atoms with Crippen molar-refractivity contribution in [1.29, 1.82) is 0 Å². The van der Waals surface area contributed by atoms with Gasteiger partial charge in [0.15, 0.2) is 11.0 Å². The van der Waals surface area contributed by atoms with E-state index in [2.05, 4.69) is 65.9 Å². The molecule has 0 aliphatic heterocycles. The maximum Gasteiger partial charge on any atom is 0.237 e. The van der Waals surface area contributed by atoms with E-state index < -0.39 is 5.25 Å². The van der Waals surface area contributed by atoms with Crippen molar-refractivity contribution in [3.63, 3.8) is 0 Å². The Balaban J connectivity index is 1.60. The van der Waals surface area contributed by atoms with Gasteiger partial charge in [0, 0.05) is 29.5 Å². The summed E-state index contributed by atoms with van der Waals surface area (Å²) in [6.45, 7) is 12.4. The highest BCUT2D eigenvalue weighted by Crippen LogP contribution is 2.32. The molecule has 1 heterocycles. The van der Waals surface area contributed by atoms with Crippen LogP contribution in [0.2, 0.25) is 0 Å². The van der Waals surface area contributed by atoms with Crippen molar-refractivity contribution in [2.45, 2.75) is 57.4 Å². The first-order valence-electron chi connectivity index (χ1n) is 13.2. The summed E-state index contributed by atoms with van der Waals surface area (Å²) in [6, 6.07) is 23.1. The Morgan fingerprint density at radius 1 is 0.900 bits per heavy atom. The van der Waals surface area contributed by atoms with Gasteiger partial charge in [-0.25, -0.2) is 0 Å². The first kappa shape index (κ1) is 28.9. The number of nitrogens with zero attached hydrogens (tertiary/aromatic N) is 3. The Morgan fingerprint density at radius 3 is 2.05 bits per heavy atom. The maximum absolute atomic E-state index is 13.1. The van der Waals surface area contributed by atoms with Crippen molar-refractivity contribution in [2.24, 2.45) is 0 Å². The lowest BCUT2D eigenvalue weighted by molar-refractivity contribution is -0.115. The summed E-state index contributed by atoms with van der Waals surface area (Å²) in [5, 5.41) is 14.8. The quantitative estimate of drug-likeness (QED) is 0.222. The average molecular weight is 558 g/mol. The van der Waals surface area contributed by atoms with Gasteiger partial charge in [-0.15, -0.1) is 10.2 Å². The van der Waals surface area contributed by atoms with Gasteiger partial charge in [0.2, 0.25) is 11.8 Å². The van der Waals surface area contributed by atoms with E-state index in [1.807, 2.05) is 42.7 Å². The number of aromatic nitrogens is 3. The number of carbonyl (C=O) groups excluding carboxylic acids is 2. The van der Waals surface area contributed by atoms with E-state index in [4.69, 9.17) is 4.74 Å². The predicted octanol–water partition coefficient (Wildman–Crippen LogP) is 6.71. The zero-order chi connectivity index (χ0) is 28.9. The second-order valence-electron chi connectivity index (χ2n) is 10.4. The molecular formula is C31H35N5O3S. The number of anilines is 2. The summed E-state index contributed by atoms with van der Waals surface area (Å²) in [7, 11) is 0. The highest BCUT2D eigenvalue weighted by molar-refractivity contribution is 8.00. The van der Waals surface area contributed by atoms with Crippen LogP contribution < -0.4 is 15.4 Å². The third kappa shape index (κ3) is 7.09. The fraction of sp³-hybridized carbons (Fsp3) is 0.290. The number of benzene rings is 3. The number of rotatable bonds is 9. The van der Waals surface area contributed by atoms with Crippen LogP contribution in [-0.2, 0) is 15.0 Å². The monoisotopic (exact) mass is 557 g/mol. The molecule has 9 heteroatoms. The molecule has 0 fully saturated rings. The molecule has 0 bridgehead atoms. The number of hydrogen-bond donors (Lipinski definition) is 2. The molecule has 3 aromatic carbocycles. The first-order chi connectivity index (χ1) is 19.0. The zero-order valence-electron chi connectivity index (χ0n) is 23.7. The molecule has 0 spiro atoms. The number of thioether (sulfide) groups is 1. The summed E-state index contributed by atoms with van der Waals surface area (Å²) >= 11 is 1.33. The van der Waals surface area contributed by atoms with Gasteiger partial charge in [-0.2, -0.15) is 0 Å². The first-order valence-corrected chi connectivity index (χ1v) is 14.1. The maximum atomic E-state index is 13.1. The molecule has 2 amide bonds. The van der Waals surface area contributed by atoms with Crippen LogP contribution in [-0.4, -0.2) is 38.4 Å². The van der Waals surface area contributed by atoms with Gasteiger partial charge < -0.3 is 15.4 Å². The fourth-order valence-electron chi connectivity index (χ4n) is 4.04. The Labute approximate surface area is 239 Å². The van der Waals surface area contributed by atoms with Gasteiger partial charge in [0.25, 0.3) is 0 Å². The van der Waals surface area contributed by atoms with Crippen molar-refractivity contribution in [2.75, 3.05) is 17.2 Å². The van der Waals surface area contributed by atoms with E-state index in [9.17, 15) is 9.59 Å². The smallest absolute Gasteiger partial charge is 0.237 e. The van der Waals surface area contributed by atoms with Crippen molar-refractivity contribution in [1.82, 2.24) is 14.8 Å². The minimum atomic E-state index is -0.461. The lowest BCUT2D eigenvalue weighted by Crippen LogP contribution is -2.23. The van der Waals surface area contributed by atoms with Crippen molar-refractivity contribution < 1.29 is 14.3 Å². The summed E-state index contributed by atoms with van der Waals surface area (Å²) in [4.78, 5) is 24.3. The molecule has 0 saturated heterocycles. The van der Waals surface area contributed by atoms with Crippen LogP contribution in [0.25, 0.3) is 17.1 Å². The number of ether oxygens (including phenoxy) is 1. The van der Waals surface area contributed by atoms with Gasteiger partial charge in [0.1, 0.15) is 5.75 Å². The van der Waals surface area contributed by atoms with Crippen LogP contribution >= 0.6 is 11.8 Å². The SMILES string of the molecule is CCOc1ccc(-n2c(S[C@@H](C)C(=O)Nc3ccc(NC(C)=O)cc3)nnc2-c2ccc(C(C)(C)C)cc2)cc1. The average Bonchev–Trinajstić information content (AvgIpc) is 3.33. The molecule has 0 unspecified atom stereocenters. The van der Waals surface area contributed by atoms with E-state index in [0.717, 1.165) is 17.0 Å². The third-order valence-electron chi connectivity index (χ3n) is 6.17. The molecule has 0 saturated carbocycles. The molecule has 0 radical (unpaired) electrons. The molecule has 2 N–H and O–H groups in total. The Kier molecular flexibility index (Phi) is 8.94. The van der Waals surface area contributed by atoms with Gasteiger partial charge >= 0.3 is 0 Å². The van der Waals surface area contributed by atoms with Crippen LogP contribution in [0.1, 0.15) is 47.1 Å². The van der Waals surface area contributed by atoms with E-state index in [-0.39, 0.29) is 17.2 Å². The summed E-state index contributed by atoms with van der Waals surface area (Å²) in [5.41, 5.74) is 4.37. The number of carbonyl (C=O) groups is 2. The third-order valence-corrected chi connectivity index (χ3v) is 7.22. The topological polar surface area (TPSA) is 98.1 Å². The van der Waals surface area contributed by atoms with Crippen LogP contribution in [0.4, 0.5) is 11.4 Å². The van der Waals surface area contributed by atoms with Gasteiger partial charge in [-0.1, -0.05) is 56.8 Å². The van der Waals surface area contributed by atoms with Crippen LogP contribution in [0.3, 0.4) is 0 Å². The second kappa shape index (κ2) is 12.4. The van der Waals surface area contributed by atoms with Crippen LogP contribution in [0.5, 0.6) is 5.75 Å². The minimum Gasteiger partial charge on any atom is -0.494 e. The molecule has 40 heavy (non-hydrogen) atoms. The molecular weight excluding hydrogens is 522 g/mol. The van der Waals surface area contributed by atoms with Crippen molar-refractivity contribution in [3.05, 3.63) is 78.4 Å². The fourth-order valence-corrected chi connectivity index (χ4v) is 4.91. The molecule has 1 aromatic heterocycles. The molecule has 0 aliphatic rings. The minimum absolute atomic E-state index is 0.0371. The zero-order valence-corrected chi connectivity index (χ0v) is 24.5. The van der Waals surface area contributed by atoms with E-state index in [0.29, 0.717) is 29.0 Å². The van der Waals surface area contributed by atoms with E-state index in [1.165, 1.54) is 24.2 Å². The van der Waals surface area contributed by atoms with Gasteiger partial charge in [-0.05, 0) is 73.4 Å². The lowest BCUT2D eigenvalue weighted by atomic mass is 9.87. The molecule has 4 rings (SSSR count). The number of nitrogens with one attached hydrogen (secondary N) is 2. The number of hydrogen-bond acceptors (Lipinski definition) is 6. The predicted molar refractivity (Wildman–Crippen MR) is 161 cm³/mol.